The number of nitrogens with one attached hydrogen (secondary N) is 1. The lowest BCUT2D eigenvalue weighted by molar-refractivity contribution is 0.575. The van der Waals surface area contributed by atoms with Gasteiger partial charge >= 0.3 is 0 Å². The molecule has 1 aromatic heterocycles. The molecule has 0 amide bonds. The van der Waals surface area contributed by atoms with Gasteiger partial charge in [-0.2, -0.15) is 0 Å². The topological polar surface area (TPSA) is 46.9 Å². The van der Waals surface area contributed by atoms with E-state index in [-0.39, 0.29) is 5.56 Å². The van der Waals surface area contributed by atoms with Crippen molar-refractivity contribution in [3.05, 3.63) is 40.4 Å². The number of benzene rings is 1. The largest absolute Gasteiger partial charge is 0.320 e. The number of nitrogens with zero attached hydrogens (tertiary/aromatic N) is 2. The molecule has 0 unspecified atom stereocenters. The fourth-order valence-electron chi connectivity index (χ4n) is 2.02. The first-order valence-electron chi connectivity index (χ1n) is 6.33. The molecular formula is C14H19N3O. The van der Waals surface area contributed by atoms with Gasteiger partial charge in [0.05, 0.1) is 17.2 Å². The number of hydrogen-bond acceptors (Lipinski definition) is 3. The molecule has 1 heterocycles. The molecule has 0 spiro atoms. The molecule has 1 aromatic carbocycles. The lowest BCUT2D eigenvalue weighted by atomic mass is 10.2. The molecule has 2 rings (SSSR count). The normalized spacial score (nSPS) is 11.0. The van der Waals surface area contributed by atoms with E-state index in [0.717, 1.165) is 37.0 Å². The van der Waals surface area contributed by atoms with Gasteiger partial charge in [0, 0.05) is 6.54 Å². The minimum absolute atomic E-state index is 0.0631. The third kappa shape index (κ3) is 2.76. The Bertz CT molecular complexity index is 589. The van der Waals surface area contributed by atoms with E-state index in [1.807, 2.05) is 32.2 Å². The predicted octanol–water partition coefficient (Wildman–Crippen LogP) is 1.70. The van der Waals surface area contributed by atoms with E-state index < -0.39 is 0 Å². The second kappa shape index (κ2) is 5.78. The summed E-state index contributed by atoms with van der Waals surface area (Å²) in [5.41, 5.74) is 1.93. The Balaban J connectivity index is 2.24. The van der Waals surface area contributed by atoms with Gasteiger partial charge in [0.25, 0.3) is 5.56 Å². The molecule has 1 N–H and O–H groups in total. The Morgan fingerprint density at radius 1 is 1.33 bits per heavy atom. The summed E-state index contributed by atoms with van der Waals surface area (Å²) < 4.78 is 1.71. The summed E-state index contributed by atoms with van der Waals surface area (Å²) in [5.74, 6) is 0. The number of fused-ring (bicyclic) bond motifs is 1. The van der Waals surface area contributed by atoms with Crippen molar-refractivity contribution in [3.8, 4) is 0 Å². The van der Waals surface area contributed by atoms with Gasteiger partial charge in [-0.25, -0.2) is 4.98 Å². The summed E-state index contributed by atoms with van der Waals surface area (Å²) in [6.07, 6.45) is 3.70. The lowest BCUT2D eigenvalue weighted by Gasteiger charge is -2.06. The smallest absolute Gasteiger partial charge is 0.261 e. The quantitative estimate of drug-likeness (QED) is 0.816. The average molecular weight is 245 g/mol. The van der Waals surface area contributed by atoms with E-state index in [9.17, 15) is 4.79 Å². The van der Waals surface area contributed by atoms with Gasteiger partial charge < -0.3 is 5.32 Å². The minimum Gasteiger partial charge on any atom is -0.320 e. The van der Waals surface area contributed by atoms with Crippen LogP contribution in [-0.2, 0) is 6.54 Å². The van der Waals surface area contributed by atoms with Crippen LogP contribution in [0.1, 0.15) is 18.4 Å². The van der Waals surface area contributed by atoms with Crippen molar-refractivity contribution < 1.29 is 0 Å². The van der Waals surface area contributed by atoms with E-state index >= 15 is 0 Å². The molecule has 0 radical (unpaired) electrons. The third-order valence-corrected chi connectivity index (χ3v) is 3.06. The fourth-order valence-corrected chi connectivity index (χ4v) is 2.02. The molecule has 4 heteroatoms. The summed E-state index contributed by atoms with van der Waals surface area (Å²) in [6, 6.07) is 5.79. The summed E-state index contributed by atoms with van der Waals surface area (Å²) in [4.78, 5) is 16.6. The van der Waals surface area contributed by atoms with Gasteiger partial charge in [-0.15, -0.1) is 0 Å². The summed E-state index contributed by atoms with van der Waals surface area (Å²) in [5, 5.41) is 3.82. The highest BCUT2D eigenvalue weighted by Gasteiger charge is 2.03. The first-order valence-corrected chi connectivity index (χ1v) is 6.33. The number of rotatable bonds is 5. The maximum Gasteiger partial charge on any atom is 0.261 e. The molecule has 96 valence electrons. The van der Waals surface area contributed by atoms with Gasteiger partial charge in [-0.05, 0) is 45.5 Å². The highest BCUT2D eigenvalue weighted by atomic mass is 16.1. The molecule has 0 saturated heterocycles. The molecule has 0 aliphatic rings. The van der Waals surface area contributed by atoms with Crippen LogP contribution < -0.4 is 10.9 Å². The van der Waals surface area contributed by atoms with Gasteiger partial charge in [0.2, 0.25) is 0 Å². The van der Waals surface area contributed by atoms with Crippen molar-refractivity contribution in [1.29, 1.82) is 0 Å². The number of aryl methyl sites for hydroxylation is 2. The molecule has 2 aromatic rings. The molecular weight excluding hydrogens is 226 g/mol. The molecule has 18 heavy (non-hydrogen) atoms. The van der Waals surface area contributed by atoms with Crippen LogP contribution in [-0.4, -0.2) is 23.1 Å². The van der Waals surface area contributed by atoms with Crippen LogP contribution in [0.25, 0.3) is 10.9 Å². The molecule has 0 aliphatic heterocycles. The minimum atomic E-state index is 0.0631. The lowest BCUT2D eigenvalue weighted by Crippen LogP contribution is -2.21. The summed E-state index contributed by atoms with van der Waals surface area (Å²) in [6.45, 7) is 3.70. The zero-order chi connectivity index (χ0) is 13.0. The molecule has 0 fully saturated rings. The molecule has 4 nitrogen and oxygen atoms in total. The molecule has 0 atom stereocenters. The van der Waals surface area contributed by atoms with Crippen LogP contribution in [0.5, 0.6) is 0 Å². The van der Waals surface area contributed by atoms with Crippen molar-refractivity contribution >= 4 is 10.9 Å². The van der Waals surface area contributed by atoms with Crippen LogP contribution in [0.15, 0.2) is 29.3 Å². The van der Waals surface area contributed by atoms with Crippen molar-refractivity contribution in [2.45, 2.75) is 26.3 Å². The van der Waals surface area contributed by atoms with Crippen LogP contribution >= 0.6 is 0 Å². The van der Waals surface area contributed by atoms with Gasteiger partial charge in [0.1, 0.15) is 0 Å². The van der Waals surface area contributed by atoms with E-state index in [1.165, 1.54) is 0 Å². The Hall–Kier alpha value is -1.68. The van der Waals surface area contributed by atoms with E-state index in [2.05, 4.69) is 10.3 Å². The van der Waals surface area contributed by atoms with E-state index in [1.54, 1.807) is 10.9 Å². The Morgan fingerprint density at radius 2 is 2.17 bits per heavy atom. The number of hydrogen-bond donors (Lipinski definition) is 1. The van der Waals surface area contributed by atoms with Crippen molar-refractivity contribution in [2.24, 2.45) is 0 Å². The van der Waals surface area contributed by atoms with Crippen molar-refractivity contribution in [2.75, 3.05) is 13.6 Å². The Morgan fingerprint density at radius 3 is 2.94 bits per heavy atom. The van der Waals surface area contributed by atoms with Crippen LogP contribution in [0.3, 0.4) is 0 Å². The molecule has 0 bridgehead atoms. The molecule has 0 saturated carbocycles. The zero-order valence-corrected chi connectivity index (χ0v) is 10.9. The monoisotopic (exact) mass is 245 g/mol. The van der Waals surface area contributed by atoms with Crippen LogP contribution in [0, 0.1) is 6.92 Å². The van der Waals surface area contributed by atoms with E-state index in [4.69, 9.17) is 0 Å². The fraction of sp³-hybridized carbons (Fsp3) is 0.429. The second-order valence-electron chi connectivity index (χ2n) is 4.57. The summed E-state index contributed by atoms with van der Waals surface area (Å²) >= 11 is 0. The average Bonchev–Trinajstić information content (AvgIpc) is 2.38. The Labute approximate surface area is 107 Å². The van der Waals surface area contributed by atoms with Gasteiger partial charge in [-0.1, -0.05) is 11.6 Å². The first kappa shape index (κ1) is 12.8. The van der Waals surface area contributed by atoms with Crippen molar-refractivity contribution in [1.82, 2.24) is 14.9 Å². The van der Waals surface area contributed by atoms with Crippen LogP contribution in [0.4, 0.5) is 0 Å². The maximum absolute atomic E-state index is 12.3. The SMILES string of the molecule is CNCCCCn1cnc2ccc(C)cc2c1=O. The maximum atomic E-state index is 12.3. The highest BCUT2D eigenvalue weighted by Crippen LogP contribution is 2.09. The standard InChI is InChI=1S/C14H19N3O/c1-11-5-6-13-12(9-11)14(18)17(10-16-13)8-4-3-7-15-2/h5-6,9-10,15H,3-4,7-8H2,1-2H3. The van der Waals surface area contributed by atoms with Gasteiger partial charge in [-0.3, -0.25) is 9.36 Å². The number of aromatic nitrogens is 2. The molecule has 0 aliphatic carbocycles. The third-order valence-electron chi connectivity index (χ3n) is 3.06. The summed E-state index contributed by atoms with van der Waals surface area (Å²) in [7, 11) is 1.94. The van der Waals surface area contributed by atoms with Crippen LogP contribution in [0.2, 0.25) is 0 Å². The predicted molar refractivity (Wildman–Crippen MR) is 73.9 cm³/mol. The number of unbranched alkanes of at least 4 members (excludes halogenated alkanes) is 1. The highest BCUT2D eigenvalue weighted by molar-refractivity contribution is 5.77. The zero-order valence-electron chi connectivity index (χ0n) is 10.9. The second-order valence-corrected chi connectivity index (χ2v) is 4.57. The Kier molecular flexibility index (Phi) is 4.10. The van der Waals surface area contributed by atoms with Gasteiger partial charge in [0.15, 0.2) is 0 Å². The van der Waals surface area contributed by atoms with Crippen molar-refractivity contribution in [3.63, 3.8) is 0 Å². The van der Waals surface area contributed by atoms with E-state index in [0.29, 0.717) is 5.39 Å². The first-order chi connectivity index (χ1) is 8.72.